The van der Waals surface area contributed by atoms with Crippen LogP contribution in [0.15, 0.2) is 4.99 Å². The Balaban J connectivity index is 2.34. The van der Waals surface area contributed by atoms with Gasteiger partial charge in [-0.2, -0.15) is 0 Å². The van der Waals surface area contributed by atoms with Crippen molar-refractivity contribution in [1.82, 2.24) is 4.90 Å². The lowest BCUT2D eigenvalue weighted by molar-refractivity contribution is -0.128. The van der Waals surface area contributed by atoms with E-state index >= 15 is 0 Å². The molecule has 4 heteroatoms. The van der Waals surface area contributed by atoms with Gasteiger partial charge in [-0.3, -0.25) is 4.79 Å². The standard InChI is InChI=1S/C7H10N2OS/c10-7(5-8-6-11)9-3-1-2-4-9/h1-5H2. The van der Waals surface area contributed by atoms with Crippen LogP contribution in [0.1, 0.15) is 12.8 Å². The zero-order valence-corrected chi connectivity index (χ0v) is 7.06. The first kappa shape index (κ1) is 8.37. The molecular formula is C7H10N2OS. The summed E-state index contributed by atoms with van der Waals surface area (Å²) in [5, 5.41) is 2.18. The van der Waals surface area contributed by atoms with Crippen molar-refractivity contribution in [1.29, 1.82) is 0 Å². The van der Waals surface area contributed by atoms with Crippen LogP contribution in [0, 0.1) is 0 Å². The molecule has 0 atom stereocenters. The van der Waals surface area contributed by atoms with Gasteiger partial charge in [-0.15, -0.1) is 0 Å². The van der Waals surface area contributed by atoms with Crippen LogP contribution in [0.4, 0.5) is 0 Å². The summed E-state index contributed by atoms with van der Waals surface area (Å²) in [6.45, 7) is 1.93. The van der Waals surface area contributed by atoms with Gasteiger partial charge < -0.3 is 4.90 Å². The molecule has 1 aliphatic rings. The fraction of sp³-hybridized carbons (Fsp3) is 0.714. The van der Waals surface area contributed by atoms with E-state index in [-0.39, 0.29) is 12.5 Å². The Morgan fingerprint density at radius 3 is 2.73 bits per heavy atom. The second-order valence-electron chi connectivity index (χ2n) is 2.50. The smallest absolute Gasteiger partial charge is 0.245 e. The minimum atomic E-state index is 0.0693. The summed E-state index contributed by atoms with van der Waals surface area (Å²) in [7, 11) is 0. The minimum Gasteiger partial charge on any atom is -0.341 e. The molecule has 0 unspecified atom stereocenters. The van der Waals surface area contributed by atoms with Crippen molar-refractivity contribution in [2.75, 3.05) is 19.6 Å². The van der Waals surface area contributed by atoms with E-state index in [1.807, 2.05) is 4.90 Å². The van der Waals surface area contributed by atoms with E-state index in [1.165, 1.54) is 0 Å². The molecule has 1 fully saturated rings. The lowest BCUT2D eigenvalue weighted by Crippen LogP contribution is -2.29. The van der Waals surface area contributed by atoms with Gasteiger partial charge >= 0.3 is 0 Å². The van der Waals surface area contributed by atoms with E-state index in [0.29, 0.717) is 0 Å². The Morgan fingerprint density at radius 1 is 1.55 bits per heavy atom. The summed E-state index contributed by atoms with van der Waals surface area (Å²) in [6, 6.07) is 0. The molecule has 0 aromatic heterocycles. The third-order valence-corrected chi connectivity index (χ3v) is 1.87. The van der Waals surface area contributed by atoms with Gasteiger partial charge in [-0.05, 0) is 25.1 Å². The van der Waals surface area contributed by atoms with Crippen LogP contribution in [0.5, 0.6) is 0 Å². The largest absolute Gasteiger partial charge is 0.341 e. The van der Waals surface area contributed by atoms with Gasteiger partial charge in [-0.1, -0.05) is 0 Å². The molecule has 1 amide bonds. The molecule has 60 valence electrons. The van der Waals surface area contributed by atoms with Crippen molar-refractivity contribution in [3.8, 4) is 0 Å². The molecule has 0 bridgehead atoms. The fourth-order valence-electron chi connectivity index (χ4n) is 1.17. The monoisotopic (exact) mass is 170 g/mol. The zero-order chi connectivity index (χ0) is 8.10. The first-order chi connectivity index (χ1) is 5.34. The predicted molar refractivity (Wildman–Crippen MR) is 45.7 cm³/mol. The summed E-state index contributed by atoms with van der Waals surface area (Å²) >= 11 is 4.36. The number of hydrogen-bond acceptors (Lipinski definition) is 3. The number of likely N-dealkylation sites (tertiary alicyclic amines) is 1. The van der Waals surface area contributed by atoms with Crippen LogP contribution in [0.2, 0.25) is 0 Å². The number of hydrogen-bond donors (Lipinski definition) is 0. The highest BCUT2D eigenvalue weighted by atomic mass is 32.1. The number of thiocarbonyl (C=S) groups is 1. The molecule has 1 rings (SSSR count). The van der Waals surface area contributed by atoms with Crippen molar-refractivity contribution in [3.05, 3.63) is 0 Å². The van der Waals surface area contributed by atoms with Crippen molar-refractivity contribution >= 4 is 23.3 Å². The van der Waals surface area contributed by atoms with Crippen LogP contribution < -0.4 is 0 Å². The van der Waals surface area contributed by atoms with Gasteiger partial charge in [0.25, 0.3) is 0 Å². The summed E-state index contributed by atoms with van der Waals surface area (Å²) in [6.07, 6.45) is 2.24. The van der Waals surface area contributed by atoms with Crippen LogP contribution >= 0.6 is 12.2 Å². The molecule has 0 aromatic rings. The summed E-state index contributed by atoms with van der Waals surface area (Å²) < 4.78 is 0. The maximum absolute atomic E-state index is 11.2. The second-order valence-corrected chi connectivity index (χ2v) is 2.68. The maximum atomic E-state index is 11.2. The first-order valence-corrected chi connectivity index (χ1v) is 4.07. The van der Waals surface area contributed by atoms with Gasteiger partial charge in [0, 0.05) is 13.1 Å². The summed E-state index contributed by atoms with van der Waals surface area (Å²) in [5.74, 6) is 0.0693. The van der Waals surface area contributed by atoms with Crippen LogP contribution in [-0.2, 0) is 4.79 Å². The van der Waals surface area contributed by atoms with E-state index < -0.39 is 0 Å². The number of amides is 1. The Bertz CT molecular complexity index is 193. The molecule has 11 heavy (non-hydrogen) atoms. The average molecular weight is 170 g/mol. The van der Waals surface area contributed by atoms with Gasteiger partial charge in [-0.25, -0.2) is 4.99 Å². The molecule has 0 aliphatic carbocycles. The van der Waals surface area contributed by atoms with Gasteiger partial charge in [0.2, 0.25) is 5.91 Å². The van der Waals surface area contributed by atoms with Crippen molar-refractivity contribution < 1.29 is 4.79 Å². The first-order valence-electron chi connectivity index (χ1n) is 3.66. The molecule has 0 spiro atoms. The van der Waals surface area contributed by atoms with E-state index in [1.54, 1.807) is 0 Å². The van der Waals surface area contributed by atoms with Gasteiger partial charge in [0.15, 0.2) is 0 Å². The number of carbonyl (C=O) groups excluding carboxylic acids is 1. The third-order valence-electron chi connectivity index (χ3n) is 1.74. The Morgan fingerprint density at radius 2 is 2.18 bits per heavy atom. The molecule has 0 aromatic carbocycles. The van der Waals surface area contributed by atoms with Crippen molar-refractivity contribution in [3.63, 3.8) is 0 Å². The lowest BCUT2D eigenvalue weighted by atomic mass is 10.4. The topological polar surface area (TPSA) is 32.7 Å². The fourth-order valence-corrected chi connectivity index (χ4v) is 1.23. The highest BCUT2D eigenvalue weighted by molar-refractivity contribution is 7.78. The van der Waals surface area contributed by atoms with E-state index in [2.05, 4.69) is 22.4 Å². The third kappa shape index (κ3) is 2.41. The summed E-state index contributed by atoms with van der Waals surface area (Å²) in [4.78, 5) is 16.6. The Kier molecular flexibility index (Phi) is 3.20. The quantitative estimate of drug-likeness (QED) is 0.451. The minimum absolute atomic E-state index is 0.0693. The van der Waals surface area contributed by atoms with Crippen LogP contribution in [-0.4, -0.2) is 35.6 Å². The molecule has 0 saturated carbocycles. The Hall–Kier alpha value is -0.730. The average Bonchev–Trinajstić information content (AvgIpc) is 2.52. The predicted octanol–water partition coefficient (Wildman–Crippen LogP) is 0.712. The molecule has 1 aliphatic heterocycles. The molecule has 0 N–H and O–H groups in total. The Labute approximate surface area is 71.1 Å². The number of carbonyl (C=O) groups is 1. The highest BCUT2D eigenvalue weighted by Gasteiger charge is 2.16. The molecule has 0 radical (unpaired) electrons. The van der Waals surface area contributed by atoms with Gasteiger partial charge in [0.05, 0.1) is 5.16 Å². The molecular weight excluding hydrogens is 160 g/mol. The number of isothiocyanates is 1. The normalized spacial score (nSPS) is 16.2. The number of rotatable bonds is 2. The molecule has 3 nitrogen and oxygen atoms in total. The SMILES string of the molecule is O=C(CN=C=S)N1CCCC1. The lowest BCUT2D eigenvalue weighted by Gasteiger charge is -2.12. The molecule has 1 heterocycles. The zero-order valence-electron chi connectivity index (χ0n) is 6.25. The van der Waals surface area contributed by atoms with E-state index in [0.717, 1.165) is 25.9 Å². The van der Waals surface area contributed by atoms with Crippen LogP contribution in [0.3, 0.4) is 0 Å². The second kappa shape index (κ2) is 4.21. The van der Waals surface area contributed by atoms with Crippen LogP contribution in [0.25, 0.3) is 0 Å². The van der Waals surface area contributed by atoms with E-state index in [4.69, 9.17) is 0 Å². The van der Waals surface area contributed by atoms with Crippen molar-refractivity contribution in [2.24, 2.45) is 4.99 Å². The number of aliphatic imine (C=N–C) groups is 1. The number of nitrogens with zero attached hydrogens (tertiary/aromatic N) is 2. The van der Waals surface area contributed by atoms with Crippen molar-refractivity contribution in [2.45, 2.75) is 12.8 Å². The summed E-state index contributed by atoms with van der Waals surface area (Å²) in [5.41, 5.74) is 0. The maximum Gasteiger partial charge on any atom is 0.245 e. The van der Waals surface area contributed by atoms with Gasteiger partial charge in [0.1, 0.15) is 6.54 Å². The highest BCUT2D eigenvalue weighted by Crippen LogP contribution is 2.06. The molecule has 1 saturated heterocycles. The van der Waals surface area contributed by atoms with E-state index in [9.17, 15) is 4.79 Å².